The Bertz CT molecular complexity index is 429. The summed E-state index contributed by atoms with van der Waals surface area (Å²) in [6.07, 6.45) is -5.11. The van der Waals surface area contributed by atoms with Crippen LogP contribution in [0.2, 0.25) is 0 Å². The van der Waals surface area contributed by atoms with E-state index in [-0.39, 0.29) is 0 Å². The molecule has 0 amide bonds. The Morgan fingerprint density at radius 1 is 1.26 bits per heavy atom. The first-order valence-electron chi connectivity index (χ1n) is 6.24. The number of alkyl halides is 3. The molecule has 5 heteroatoms. The molecule has 0 fully saturated rings. The Morgan fingerprint density at radius 3 is 2.37 bits per heavy atom. The number of hydrogen-bond acceptors (Lipinski definition) is 2. The van der Waals surface area contributed by atoms with Crippen molar-refractivity contribution in [3.63, 3.8) is 0 Å². The Hall–Kier alpha value is -1.23. The normalized spacial score (nSPS) is 13.4. The summed E-state index contributed by atoms with van der Waals surface area (Å²) in [4.78, 5) is 0. The number of benzene rings is 1. The quantitative estimate of drug-likeness (QED) is 0.879. The highest BCUT2D eigenvalue weighted by molar-refractivity contribution is 5.46. The van der Waals surface area contributed by atoms with Gasteiger partial charge >= 0.3 is 6.18 Å². The van der Waals surface area contributed by atoms with E-state index < -0.39 is 18.6 Å². The highest BCUT2D eigenvalue weighted by Gasteiger charge is 2.33. The monoisotopic (exact) mass is 275 g/mol. The molecule has 1 aromatic rings. The summed E-state index contributed by atoms with van der Waals surface area (Å²) in [5.74, 6) is 0.537. The van der Waals surface area contributed by atoms with E-state index in [1.807, 2.05) is 19.9 Å². The molecule has 0 bridgehead atoms. The van der Waals surface area contributed by atoms with E-state index in [1.165, 1.54) is 7.11 Å². The SMILES string of the molecule is CCNC(CC(F)(F)F)c1ccc(C)c(C)c1OC. The largest absolute Gasteiger partial charge is 0.496 e. The van der Waals surface area contributed by atoms with Crippen LogP contribution in [0, 0.1) is 13.8 Å². The van der Waals surface area contributed by atoms with Crippen LogP contribution in [-0.2, 0) is 0 Å². The fourth-order valence-corrected chi connectivity index (χ4v) is 2.13. The molecule has 1 rings (SSSR count). The van der Waals surface area contributed by atoms with E-state index in [9.17, 15) is 13.2 Å². The summed E-state index contributed by atoms with van der Waals surface area (Å²) < 4.78 is 43.2. The van der Waals surface area contributed by atoms with Crippen molar-refractivity contribution in [2.24, 2.45) is 0 Å². The molecular formula is C14H20F3NO. The average molecular weight is 275 g/mol. The van der Waals surface area contributed by atoms with Crippen LogP contribution in [0.15, 0.2) is 12.1 Å². The Morgan fingerprint density at radius 2 is 1.89 bits per heavy atom. The molecule has 0 aliphatic rings. The summed E-state index contributed by atoms with van der Waals surface area (Å²) >= 11 is 0. The van der Waals surface area contributed by atoms with Gasteiger partial charge in [-0.05, 0) is 31.5 Å². The van der Waals surface area contributed by atoms with Crippen molar-refractivity contribution in [3.05, 3.63) is 28.8 Å². The van der Waals surface area contributed by atoms with Crippen LogP contribution in [0.3, 0.4) is 0 Å². The van der Waals surface area contributed by atoms with Gasteiger partial charge in [0.2, 0.25) is 0 Å². The summed E-state index contributed by atoms with van der Waals surface area (Å²) in [6.45, 7) is 6.02. The molecule has 0 saturated carbocycles. The highest BCUT2D eigenvalue weighted by Crippen LogP contribution is 2.36. The maximum absolute atomic E-state index is 12.6. The second kappa shape index (κ2) is 6.28. The first-order valence-corrected chi connectivity index (χ1v) is 6.24. The predicted octanol–water partition coefficient (Wildman–Crippen LogP) is 3.92. The summed E-state index contributed by atoms with van der Waals surface area (Å²) in [5.41, 5.74) is 2.44. The van der Waals surface area contributed by atoms with Gasteiger partial charge in [0.1, 0.15) is 5.75 Å². The van der Waals surface area contributed by atoms with E-state index in [1.54, 1.807) is 13.0 Å². The van der Waals surface area contributed by atoms with Crippen molar-refractivity contribution >= 4 is 0 Å². The zero-order valence-corrected chi connectivity index (χ0v) is 11.7. The lowest BCUT2D eigenvalue weighted by Crippen LogP contribution is -2.27. The lowest BCUT2D eigenvalue weighted by atomic mass is 9.97. The molecule has 2 nitrogen and oxygen atoms in total. The Balaban J connectivity index is 3.19. The van der Waals surface area contributed by atoms with E-state index >= 15 is 0 Å². The smallest absolute Gasteiger partial charge is 0.390 e. The van der Waals surface area contributed by atoms with Gasteiger partial charge in [-0.3, -0.25) is 0 Å². The van der Waals surface area contributed by atoms with Gasteiger partial charge in [-0.25, -0.2) is 0 Å². The number of methoxy groups -OCH3 is 1. The number of nitrogens with one attached hydrogen (secondary N) is 1. The molecule has 0 radical (unpaired) electrons. The van der Waals surface area contributed by atoms with Crippen molar-refractivity contribution in [1.82, 2.24) is 5.32 Å². The lowest BCUT2D eigenvalue weighted by Gasteiger charge is -2.23. The van der Waals surface area contributed by atoms with Crippen LogP contribution in [0.5, 0.6) is 5.75 Å². The molecule has 1 unspecified atom stereocenters. The zero-order valence-electron chi connectivity index (χ0n) is 11.7. The van der Waals surface area contributed by atoms with Crippen molar-refractivity contribution in [2.45, 2.75) is 39.4 Å². The van der Waals surface area contributed by atoms with Crippen LogP contribution in [0.4, 0.5) is 13.2 Å². The third-order valence-corrected chi connectivity index (χ3v) is 3.17. The molecule has 1 N–H and O–H groups in total. The molecule has 0 heterocycles. The maximum Gasteiger partial charge on any atom is 0.390 e. The van der Waals surface area contributed by atoms with Crippen molar-refractivity contribution in [2.75, 3.05) is 13.7 Å². The molecule has 0 aromatic heterocycles. The minimum atomic E-state index is -4.21. The number of hydrogen-bond donors (Lipinski definition) is 1. The van der Waals surface area contributed by atoms with Gasteiger partial charge in [0, 0.05) is 11.6 Å². The summed E-state index contributed by atoms with van der Waals surface area (Å²) in [5, 5.41) is 2.88. The van der Waals surface area contributed by atoms with Gasteiger partial charge in [0.25, 0.3) is 0 Å². The maximum atomic E-state index is 12.6. The predicted molar refractivity (Wildman–Crippen MR) is 69.6 cm³/mol. The molecular weight excluding hydrogens is 255 g/mol. The fraction of sp³-hybridized carbons (Fsp3) is 0.571. The van der Waals surface area contributed by atoms with Crippen LogP contribution >= 0.6 is 0 Å². The first-order chi connectivity index (χ1) is 8.80. The van der Waals surface area contributed by atoms with E-state index in [2.05, 4.69) is 5.32 Å². The molecule has 1 aromatic carbocycles. The molecule has 19 heavy (non-hydrogen) atoms. The van der Waals surface area contributed by atoms with Gasteiger partial charge in [0.05, 0.1) is 13.5 Å². The van der Waals surface area contributed by atoms with Gasteiger partial charge in [-0.2, -0.15) is 13.2 Å². The van der Waals surface area contributed by atoms with Crippen LogP contribution < -0.4 is 10.1 Å². The Labute approximate surface area is 112 Å². The molecule has 0 aliphatic carbocycles. The molecule has 1 atom stereocenters. The topological polar surface area (TPSA) is 21.3 Å². The zero-order chi connectivity index (χ0) is 14.6. The van der Waals surface area contributed by atoms with Crippen LogP contribution in [0.25, 0.3) is 0 Å². The van der Waals surface area contributed by atoms with Gasteiger partial charge in [-0.15, -0.1) is 0 Å². The van der Waals surface area contributed by atoms with Gasteiger partial charge in [-0.1, -0.05) is 19.1 Å². The van der Waals surface area contributed by atoms with Crippen molar-refractivity contribution in [1.29, 1.82) is 0 Å². The summed E-state index contributed by atoms with van der Waals surface area (Å²) in [7, 11) is 1.49. The number of ether oxygens (including phenoxy) is 1. The molecule has 0 aliphatic heterocycles. The number of rotatable bonds is 5. The molecule has 108 valence electrons. The third-order valence-electron chi connectivity index (χ3n) is 3.17. The number of halogens is 3. The first kappa shape index (κ1) is 15.8. The van der Waals surface area contributed by atoms with Crippen LogP contribution in [-0.4, -0.2) is 19.8 Å². The molecule has 0 spiro atoms. The van der Waals surface area contributed by atoms with Crippen molar-refractivity contribution < 1.29 is 17.9 Å². The second-order valence-corrected chi connectivity index (χ2v) is 4.56. The molecule has 0 saturated heterocycles. The third kappa shape index (κ3) is 4.13. The van der Waals surface area contributed by atoms with Gasteiger partial charge < -0.3 is 10.1 Å². The van der Waals surface area contributed by atoms with Crippen molar-refractivity contribution in [3.8, 4) is 5.75 Å². The van der Waals surface area contributed by atoms with E-state index in [0.29, 0.717) is 17.9 Å². The average Bonchev–Trinajstić information content (AvgIpc) is 2.30. The summed E-state index contributed by atoms with van der Waals surface area (Å²) in [6, 6.07) is 2.76. The lowest BCUT2D eigenvalue weighted by molar-refractivity contribution is -0.140. The van der Waals surface area contributed by atoms with E-state index in [0.717, 1.165) is 11.1 Å². The van der Waals surface area contributed by atoms with Gasteiger partial charge in [0.15, 0.2) is 0 Å². The standard InChI is InChI=1S/C14H20F3NO/c1-5-18-12(8-14(15,16)17)11-7-6-9(2)10(3)13(11)19-4/h6-7,12,18H,5,8H2,1-4H3. The fourth-order valence-electron chi connectivity index (χ4n) is 2.13. The highest BCUT2D eigenvalue weighted by atomic mass is 19.4. The Kier molecular flexibility index (Phi) is 5.23. The second-order valence-electron chi connectivity index (χ2n) is 4.56. The van der Waals surface area contributed by atoms with Crippen LogP contribution in [0.1, 0.15) is 36.1 Å². The van der Waals surface area contributed by atoms with E-state index in [4.69, 9.17) is 4.74 Å². The minimum absolute atomic E-state index is 0.469. The number of aryl methyl sites for hydroxylation is 1. The minimum Gasteiger partial charge on any atom is -0.496 e.